The Hall–Kier alpha value is -2.12. The van der Waals surface area contributed by atoms with Gasteiger partial charge in [-0.3, -0.25) is 0 Å². The van der Waals surface area contributed by atoms with Crippen LogP contribution in [-0.4, -0.2) is 13.7 Å². The highest BCUT2D eigenvalue weighted by Gasteiger charge is 2.59. The summed E-state index contributed by atoms with van der Waals surface area (Å²) in [6.07, 6.45) is 0.942. The molecule has 2 aromatic rings. The molecule has 2 aromatic carbocycles. The zero-order valence-electron chi connectivity index (χ0n) is 13.2. The van der Waals surface area contributed by atoms with Crippen LogP contribution in [0.25, 0.3) is 0 Å². The Balaban J connectivity index is 1.92. The number of benzene rings is 2. The highest BCUT2D eigenvalue weighted by atomic mass is 32.2. The third-order valence-electron chi connectivity index (χ3n) is 4.58. The van der Waals surface area contributed by atoms with Crippen LogP contribution in [0.1, 0.15) is 29.5 Å². The molecule has 0 spiro atoms. The molecule has 1 saturated carbocycles. The molecule has 3 atom stereocenters. The summed E-state index contributed by atoms with van der Waals surface area (Å²) in [4.78, 5) is 0.307. The SMILES string of the molecule is CCc1ccc([C@H]2[C@@H](C#N)[C@@H]2S(=O)(=O)c2ccc(C)cc2)cc1. The quantitative estimate of drug-likeness (QED) is 0.862. The molecule has 1 fully saturated rings. The first kappa shape index (κ1) is 15.8. The van der Waals surface area contributed by atoms with Crippen molar-refractivity contribution in [2.75, 3.05) is 0 Å². The molecule has 118 valence electrons. The second kappa shape index (κ2) is 5.82. The monoisotopic (exact) mass is 325 g/mol. The van der Waals surface area contributed by atoms with E-state index in [1.165, 1.54) is 5.56 Å². The molecule has 1 aliphatic rings. The summed E-state index contributed by atoms with van der Waals surface area (Å²) in [5.74, 6) is -0.689. The van der Waals surface area contributed by atoms with E-state index in [0.29, 0.717) is 4.90 Å². The second-order valence-corrected chi connectivity index (χ2v) is 8.20. The predicted molar refractivity (Wildman–Crippen MR) is 89.8 cm³/mol. The number of hydrogen-bond acceptors (Lipinski definition) is 3. The van der Waals surface area contributed by atoms with Crippen LogP contribution in [0, 0.1) is 24.2 Å². The van der Waals surface area contributed by atoms with E-state index < -0.39 is 21.0 Å². The zero-order valence-corrected chi connectivity index (χ0v) is 14.0. The third-order valence-corrected chi connectivity index (χ3v) is 6.82. The first-order chi connectivity index (χ1) is 11.0. The smallest absolute Gasteiger partial charge is 0.183 e. The van der Waals surface area contributed by atoms with Gasteiger partial charge in [-0.05, 0) is 36.6 Å². The van der Waals surface area contributed by atoms with Gasteiger partial charge in [0.15, 0.2) is 9.84 Å². The van der Waals surface area contributed by atoms with Gasteiger partial charge in [0.05, 0.1) is 22.1 Å². The first-order valence-electron chi connectivity index (χ1n) is 7.78. The Morgan fingerprint density at radius 2 is 1.65 bits per heavy atom. The normalized spacial score (nSPS) is 23.3. The Morgan fingerprint density at radius 3 is 2.17 bits per heavy atom. The molecule has 23 heavy (non-hydrogen) atoms. The highest BCUT2D eigenvalue weighted by molar-refractivity contribution is 7.92. The van der Waals surface area contributed by atoms with Crippen LogP contribution in [0.3, 0.4) is 0 Å². The Kier molecular flexibility index (Phi) is 3.99. The molecule has 0 aliphatic heterocycles. The fourth-order valence-corrected chi connectivity index (χ4v) is 5.15. The average molecular weight is 325 g/mol. The maximum absolute atomic E-state index is 12.8. The van der Waals surface area contributed by atoms with Crippen LogP contribution >= 0.6 is 0 Å². The van der Waals surface area contributed by atoms with Crippen molar-refractivity contribution in [2.45, 2.75) is 36.3 Å². The predicted octanol–water partition coefficient (Wildman–Crippen LogP) is 3.64. The van der Waals surface area contributed by atoms with E-state index in [-0.39, 0.29) is 5.92 Å². The van der Waals surface area contributed by atoms with Crippen molar-refractivity contribution in [3.8, 4) is 6.07 Å². The Bertz CT molecular complexity index is 846. The van der Waals surface area contributed by atoms with Gasteiger partial charge in [0.2, 0.25) is 0 Å². The molecule has 0 heterocycles. The molecule has 0 N–H and O–H groups in total. The van der Waals surface area contributed by atoms with E-state index in [4.69, 9.17) is 0 Å². The van der Waals surface area contributed by atoms with Gasteiger partial charge in [-0.1, -0.05) is 48.9 Å². The van der Waals surface area contributed by atoms with Gasteiger partial charge in [-0.2, -0.15) is 5.26 Å². The van der Waals surface area contributed by atoms with Gasteiger partial charge in [0, 0.05) is 5.92 Å². The van der Waals surface area contributed by atoms with Crippen molar-refractivity contribution in [3.63, 3.8) is 0 Å². The van der Waals surface area contributed by atoms with Crippen LogP contribution < -0.4 is 0 Å². The summed E-state index contributed by atoms with van der Waals surface area (Å²) in [5, 5.41) is 8.71. The number of sulfone groups is 1. The zero-order chi connectivity index (χ0) is 16.6. The standard InChI is InChI=1S/C19H19NO2S/c1-3-14-6-8-15(9-7-14)18-17(12-20)19(18)23(21,22)16-10-4-13(2)5-11-16/h4-11,17-19H,3H2,1-2H3/t17-,18+,19+/m1/s1. The number of nitriles is 1. The number of rotatable bonds is 4. The summed E-state index contributed by atoms with van der Waals surface area (Å²) in [7, 11) is -3.48. The molecule has 1 aliphatic carbocycles. The molecule has 3 rings (SSSR count). The molecule has 0 radical (unpaired) electrons. The van der Waals surface area contributed by atoms with E-state index in [2.05, 4.69) is 13.0 Å². The molecular weight excluding hydrogens is 306 g/mol. The van der Waals surface area contributed by atoms with Crippen molar-refractivity contribution in [1.82, 2.24) is 0 Å². The molecule has 0 amide bonds. The van der Waals surface area contributed by atoms with Gasteiger partial charge < -0.3 is 0 Å². The average Bonchev–Trinajstić information content (AvgIpc) is 3.31. The van der Waals surface area contributed by atoms with Gasteiger partial charge in [0.1, 0.15) is 0 Å². The topological polar surface area (TPSA) is 57.9 Å². The number of aryl methyl sites for hydroxylation is 2. The van der Waals surface area contributed by atoms with Crippen LogP contribution in [0.4, 0.5) is 0 Å². The first-order valence-corrected chi connectivity index (χ1v) is 9.32. The van der Waals surface area contributed by atoms with Crippen molar-refractivity contribution in [2.24, 2.45) is 5.92 Å². The summed E-state index contributed by atoms with van der Waals surface area (Å²) in [6.45, 7) is 4.00. The van der Waals surface area contributed by atoms with Gasteiger partial charge in [-0.15, -0.1) is 0 Å². The lowest BCUT2D eigenvalue weighted by atomic mass is 10.1. The summed E-state index contributed by atoms with van der Waals surface area (Å²) in [6, 6.07) is 17.0. The van der Waals surface area contributed by atoms with E-state index in [0.717, 1.165) is 17.5 Å². The van der Waals surface area contributed by atoms with Crippen LogP contribution in [0.2, 0.25) is 0 Å². The fraction of sp³-hybridized carbons (Fsp3) is 0.316. The maximum atomic E-state index is 12.8. The van der Waals surface area contributed by atoms with Gasteiger partial charge >= 0.3 is 0 Å². The lowest BCUT2D eigenvalue weighted by molar-refractivity contribution is 0.593. The molecule has 0 aromatic heterocycles. The minimum atomic E-state index is -3.48. The van der Waals surface area contributed by atoms with Gasteiger partial charge in [0.25, 0.3) is 0 Å². The molecule has 0 saturated heterocycles. The van der Waals surface area contributed by atoms with Crippen molar-refractivity contribution in [1.29, 1.82) is 5.26 Å². The summed E-state index contributed by atoms with van der Waals surface area (Å²) < 4.78 is 25.7. The molecular formula is C19H19NO2S. The maximum Gasteiger partial charge on any atom is 0.183 e. The van der Waals surface area contributed by atoms with E-state index in [1.807, 2.05) is 31.2 Å². The lowest BCUT2D eigenvalue weighted by Gasteiger charge is -2.05. The van der Waals surface area contributed by atoms with Gasteiger partial charge in [-0.25, -0.2) is 8.42 Å². The highest BCUT2D eigenvalue weighted by Crippen LogP contribution is 2.53. The molecule has 4 heteroatoms. The summed E-state index contributed by atoms with van der Waals surface area (Å²) >= 11 is 0. The minimum absolute atomic E-state index is 0.225. The fourth-order valence-electron chi connectivity index (χ4n) is 3.08. The lowest BCUT2D eigenvalue weighted by Crippen LogP contribution is -2.10. The molecule has 0 unspecified atom stereocenters. The molecule has 0 bridgehead atoms. The van der Waals surface area contributed by atoms with E-state index in [9.17, 15) is 13.7 Å². The molecule has 3 nitrogen and oxygen atoms in total. The van der Waals surface area contributed by atoms with E-state index >= 15 is 0 Å². The second-order valence-electron chi connectivity index (χ2n) is 6.10. The van der Waals surface area contributed by atoms with Crippen LogP contribution in [0.5, 0.6) is 0 Å². The van der Waals surface area contributed by atoms with Crippen molar-refractivity contribution >= 4 is 9.84 Å². The Morgan fingerprint density at radius 1 is 1.04 bits per heavy atom. The van der Waals surface area contributed by atoms with Crippen LogP contribution in [0.15, 0.2) is 53.4 Å². The van der Waals surface area contributed by atoms with Crippen LogP contribution in [-0.2, 0) is 16.3 Å². The number of hydrogen-bond donors (Lipinski definition) is 0. The van der Waals surface area contributed by atoms with Crippen molar-refractivity contribution < 1.29 is 8.42 Å². The Labute approximate surface area is 137 Å². The minimum Gasteiger partial charge on any atom is -0.223 e. The van der Waals surface area contributed by atoms with E-state index in [1.54, 1.807) is 24.3 Å². The largest absolute Gasteiger partial charge is 0.223 e. The number of nitrogens with zero attached hydrogens (tertiary/aromatic N) is 1. The third kappa shape index (κ3) is 2.77. The summed E-state index contributed by atoms with van der Waals surface area (Å²) in [5.41, 5.74) is 3.17. The van der Waals surface area contributed by atoms with Crippen molar-refractivity contribution in [3.05, 3.63) is 65.2 Å².